The number of hydrogen-bond donors (Lipinski definition) is 1. The van der Waals surface area contributed by atoms with E-state index in [1.165, 1.54) is 12.8 Å². The number of hydrogen-bond acceptors (Lipinski definition) is 1. The van der Waals surface area contributed by atoms with Gasteiger partial charge in [-0.05, 0) is 31.7 Å². The molecule has 1 nitrogen and oxygen atoms in total. The number of nitrogens with one attached hydrogen (secondary N) is 1. The molecule has 0 aliphatic carbocycles. The summed E-state index contributed by atoms with van der Waals surface area (Å²) in [6.45, 7) is 10.7. The maximum absolute atomic E-state index is 3.80. The number of likely N-dealkylation sites (N-methyl/N-ethyl adjacent to an activating group) is 1. The quantitative estimate of drug-likeness (QED) is 0.603. The Balaban J connectivity index is 3.65. The Hall–Kier alpha value is -0.300. The minimum Gasteiger partial charge on any atom is -0.314 e. The summed E-state index contributed by atoms with van der Waals surface area (Å²) in [5.41, 5.74) is 0. The summed E-state index contributed by atoms with van der Waals surface area (Å²) < 4.78 is 0. The van der Waals surface area contributed by atoms with Gasteiger partial charge >= 0.3 is 0 Å². The van der Waals surface area contributed by atoms with Gasteiger partial charge in [-0.2, -0.15) is 0 Å². The van der Waals surface area contributed by atoms with Crippen molar-refractivity contribution in [2.75, 3.05) is 7.05 Å². The molecule has 0 spiro atoms. The Labute approximate surface area is 77.2 Å². The minimum absolute atomic E-state index is 0.485. The molecule has 0 heterocycles. The zero-order valence-corrected chi connectivity index (χ0v) is 8.93. The molecular formula is C11H23N. The molecule has 1 heteroatoms. The smallest absolute Gasteiger partial charge is 0.0246 e. The molecule has 0 aliphatic heterocycles. The van der Waals surface area contributed by atoms with Crippen molar-refractivity contribution < 1.29 is 0 Å². The first-order valence-corrected chi connectivity index (χ1v) is 4.90. The zero-order valence-electron chi connectivity index (χ0n) is 8.93. The van der Waals surface area contributed by atoms with Gasteiger partial charge in [0, 0.05) is 6.04 Å². The third kappa shape index (κ3) is 5.36. The van der Waals surface area contributed by atoms with Crippen LogP contribution in [-0.4, -0.2) is 13.1 Å². The molecule has 72 valence electrons. The van der Waals surface area contributed by atoms with Crippen LogP contribution in [0, 0.1) is 11.8 Å². The predicted molar refractivity (Wildman–Crippen MR) is 56.3 cm³/mol. The second-order valence-corrected chi connectivity index (χ2v) is 4.10. The lowest BCUT2D eigenvalue weighted by atomic mass is 9.93. The summed E-state index contributed by atoms with van der Waals surface area (Å²) >= 11 is 0. The Morgan fingerprint density at radius 3 is 2.17 bits per heavy atom. The van der Waals surface area contributed by atoms with Crippen molar-refractivity contribution >= 4 is 0 Å². The van der Waals surface area contributed by atoms with Crippen molar-refractivity contribution in [1.29, 1.82) is 0 Å². The lowest BCUT2D eigenvalue weighted by molar-refractivity contribution is 0.387. The van der Waals surface area contributed by atoms with Crippen LogP contribution in [0.3, 0.4) is 0 Å². The van der Waals surface area contributed by atoms with E-state index in [-0.39, 0.29) is 0 Å². The molecule has 0 bridgehead atoms. The molecular weight excluding hydrogens is 146 g/mol. The minimum atomic E-state index is 0.485. The number of rotatable bonds is 6. The van der Waals surface area contributed by atoms with Gasteiger partial charge in [-0.3, -0.25) is 0 Å². The van der Waals surface area contributed by atoms with Gasteiger partial charge in [0.15, 0.2) is 0 Å². The van der Waals surface area contributed by atoms with Crippen LogP contribution < -0.4 is 5.32 Å². The van der Waals surface area contributed by atoms with Gasteiger partial charge in [-0.15, -0.1) is 6.58 Å². The first kappa shape index (κ1) is 11.7. The van der Waals surface area contributed by atoms with Gasteiger partial charge in [0.25, 0.3) is 0 Å². The Bertz CT molecular complexity index is 118. The normalized spacial score (nSPS) is 16.1. The molecule has 0 amide bonds. The molecule has 0 saturated carbocycles. The van der Waals surface area contributed by atoms with Crippen LogP contribution in [-0.2, 0) is 0 Å². The molecule has 0 rings (SSSR count). The van der Waals surface area contributed by atoms with Gasteiger partial charge in [0.2, 0.25) is 0 Å². The predicted octanol–water partition coefficient (Wildman–Crippen LogP) is 2.83. The van der Waals surface area contributed by atoms with Crippen molar-refractivity contribution in [2.45, 2.75) is 39.7 Å². The Kier molecular flexibility index (Phi) is 6.09. The molecule has 0 aromatic carbocycles. The van der Waals surface area contributed by atoms with E-state index >= 15 is 0 Å². The Morgan fingerprint density at radius 2 is 1.83 bits per heavy atom. The second kappa shape index (κ2) is 6.24. The highest BCUT2D eigenvalue weighted by molar-refractivity contribution is 4.85. The summed E-state index contributed by atoms with van der Waals surface area (Å²) in [4.78, 5) is 0. The standard InChI is InChI=1S/C11H23N/c1-6-11(12-5)8-10(4)7-9(2)3/h6,9-12H,1,7-8H2,2-5H3. The summed E-state index contributed by atoms with van der Waals surface area (Å²) in [6, 6.07) is 0.485. The van der Waals surface area contributed by atoms with Crippen LogP contribution in [0.25, 0.3) is 0 Å². The molecule has 0 fully saturated rings. The van der Waals surface area contributed by atoms with Crippen molar-refractivity contribution in [1.82, 2.24) is 5.32 Å². The first-order valence-electron chi connectivity index (χ1n) is 4.90. The average molecular weight is 169 g/mol. The van der Waals surface area contributed by atoms with Crippen LogP contribution >= 0.6 is 0 Å². The van der Waals surface area contributed by atoms with Crippen molar-refractivity contribution in [3.8, 4) is 0 Å². The van der Waals surface area contributed by atoms with Gasteiger partial charge in [0.1, 0.15) is 0 Å². The molecule has 0 saturated heterocycles. The summed E-state index contributed by atoms with van der Waals surface area (Å²) in [5, 5.41) is 3.24. The topological polar surface area (TPSA) is 12.0 Å². The zero-order chi connectivity index (χ0) is 9.56. The van der Waals surface area contributed by atoms with Gasteiger partial charge in [0.05, 0.1) is 0 Å². The lowest BCUT2D eigenvalue weighted by Gasteiger charge is -2.18. The molecule has 2 atom stereocenters. The largest absolute Gasteiger partial charge is 0.314 e. The lowest BCUT2D eigenvalue weighted by Crippen LogP contribution is -2.25. The fourth-order valence-electron chi connectivity index (χ4n) is 1.67. The van der Waals surface area contributed by atoms with Gasteiger partial charge < -0.3 is 5.32 Å². The maximum atomic E-state index is 3.80. The van der Waals surface area contributed by atoms with Crippen LogP contribution in [0.1, 0.15) is 33.6 Å². The SMILES string of the molecule is C=CC(CC(C)CC(C)C)NC. The first-order chi connectivity index (χ1) is 5.60. The van der Waals surface area contributed by atoms with E-state index in [2.05, 4.69) is 32.7 Å². The van der Waals surface area contributed by atoms with E-state index in [0.717, 1.165) is 11.8 Å². The van der Waals surface area contributed by atoms with E-state index in [9.17, 15) is 0 Å². The summed E-state index contributed by atoms with van der Waals surface area (Å²) in [6.07, 6.45) is 4.51. The van der Waals surface area contributed by atoms with E-state index in [1.54, 1.807) is 0 Å². The van der Waals surface area contributed by atoms with Crippen LogP contribution in [0.2, 0.25) is 0 Å². The summed E-state index contributed by atoms with van der Waals surface area (Å²) in [5.74, 6) is 1.60. The van der Waals surface area contributed by atoms with Crippen molar-refractivity contribution in [3.05, 3.63) is 12.7 Å². The van der Waals surface area contributed by atoms with Crippen LogP contribution in [0.4, 0.5) is 0 Å². The summed E-state index contributed by atoms with van der Waals surface area (Å²) in [7, 11) is 1.99. The highest BCUT2D eigenvalue weighted by atomic mass is 14.9. The molecule has 0 aliphatic rings. The van der Waals surface area contributed by atoms with Crippen molar-refractivity contribution in [2.24, 2.45) is 11.8 Å². The molecule has 1 N–H and O–H groups in total. The van der Waals surface area contributed by atoms with Crippen molar-refractivity contribution in [3.63, 3.8) is 0 Å². The maximum Gasteiger partial charge on any atom is 0.0246 e. The fourth-order valence-corrected chi connectivity index (χ4v) is 1.67. The third-order valence-corrected chi connectivity index (χ3v) is 2.19. The van der Waals surface area contributed by atoms with E-state index < -0.39 is 0 Å². The highest BCUT2D eigenvalue weighted by Gasteiger charge is 2.09. The average Bonchev–Trinajstić information content (AvgIpc) is 1.98. The van der Waals surface area contributed by atoms with E-state index in [0.29, 0.717) is 6.04 Å². The fraction of sp³-hybridized carbons (Fsp3) is 0.818. The highest BCUT2D eigenvalue weighted by Crippen LogP contribution is 2.16. The van der Waals surface area contributed by atoms with E-state index in [4.69, 9.17) is 0 Å². The van der Waals surface area contributed by atoms with E-state index in [1.807, 2.05) is 13.1 Å². The molecule has 0 aromatic heterocycles. The van der Waals surface area contributed by atoms with Crippen LogP contribution in [0.5, 0.6) is 0 Å². The molecule has 12 heavy (non-hydrogen) atoms. The second-order valence-electron chi connectivity index (χ2n) is 4.10. The Morgan fingerprint density at radius 1 is 1.25 bits per heavy atom. The third-order valence-electron chi connectivity index (χ3n) is 2.19. The molecule has 2 unspecified atom stereocenters. The van der Waals surface area contributed by atoms with Crippen LogP contribution in [0.15, 0.2) is 12.7 Å². The molecule has 0 aromatic rings. The van der Waals surface area contributed by atoms with Gasteiger partial charge in [-0.1, -0.05) is 26.8 Å². The van der Waals surface area contributed by atoms with Gasteiger partial charge in [-0.25, -0.2) is 0 Å². The molecule has 0 radical (unpaired) electrons. The monoisotopic (exact) mass is 169 g/mol.